The molecule has 0 radical (unpaired) electrons. The zero-order valence-electron chi connectivity index (χ0n) is 20.7. The van der Waals surface area contributed by atoms with Crippen molar-refractivity contribution in [1.82, 2.24) is 15.2 Å². The van der Waals surface area contributed by atoms with Crippen molar-refractivity contribution < 1.29 is 23.5 Å². The summed E-state index contributed by atoms with van der Waals surface area (Å²) in [6.07, 6.45) is 3.19. The maximum atomic E-state index is 13.4. The first-order chi connectivity index (χ1) is 18.5. The number of cyclic esters (lactones) is 1. The molecule has 2 atom stereocenters. The van der Waals surface area contributed by atoms with Gasteiger partial charge in [0.15, 0.2) is 12.1 Å². The van der Waals surface area contributed by atoms with E-state index in [1.54, 1.807) is 54.7 Å². The summed E-state index contributed by atoms with van der Waals surface area (Å²) in [6, 6.07) is 20.6. The quantitative estimate of drug-likeness (QED) is 0.358. The van der Waals surface area contributed by atoms with Gasteiger partial charge in [0.1, 0.15) is 5.76 Å². The van der Waals surface area contributed by atoms with Crippen molar-refractivity contribution in [1.29, 1.82) is 0 Å². The third kappa shape index (κ3) is 5.57. The summed E-state index contributed by atoms with van der Waals surface area (Å²) in [5.41, 5.74) is 3.56. The summed E-state index contributed by atoms with van der Waals surface area (Å²) >= 11 is 0. The van der Waals surface area contributed by atoms with Crippen LogP contribution in [0.3, 0.4) is 0 Å². The molecule has 1 saturated heterocycles. The molecule has 4 aromatic rings. The number of aryl methyl sites for hydroxylation is 1. The molecule has 1 aliphatic rings. The van der Waals surface area contributed by atoms with Gasteiger partial charge in [0.05, 0.1) is 24.9 Å². The third-order valence-electron chi connectivity index (χ3n) is 6.23. The second-order valence-corrected chi connectivity index (χ2v) is 8.98. The number of anilines is 1. The fraction of sp³-hybridized carbons (Fsp3) is 0.172. The Balaban J connectivity index is 1.37. The van der Waals surface area contributed by atoms with Crippen LogP contribution in [0.5, 0.6) is 0 Å². The van der Waals surface area contributed by atoms with E-state index in [-0.39, 0.29) is 24.9 Å². The van der Waals surface area contributed by atoms with Crippen LogP contribution in [0.2, 0.25) is 0 Å². The molecule has 0 spiro atoms. The topological polar surface area (TPSA) is 114 Å². The lowest BCUT2D eigenvalue weighted by atomic mass is 10.00. The molecule has 1 fully saturated rings. The highest BCUT2D eigenvalue weighted by Gasteiger charge is 2.47. The number of carbonyl (C=O) groups is 3. The average molecular weight is 511 g/mol. The molecule has 0 bridgehead atoms. The minimum Gasteiger partial charge on any atom is -0.467 e. The smallest absolute Gasteiger partial charge is 0.411 e. The normalized spacial score (nSPS) is 16.7. The molecule has 5 rings (SSSR count). The lowest BCUT2D eigenvalue weighted by Crippen LogP contribution is -2.46. The summed E-state index contributed by atoms with van der Waals surface area (Å²) < 4.78 is 11.1. The molecule has 0 saturated carbocycles. The highest BCUT2D eigenvalue weighted by atomic mass is 16.6. The van der Waals surface area contributed by atoms with Crippen LogP contribution < -0.4 is 10.6 Å². The van der Waals surface area contributed by atoms with E-state index in [1.807, 2.05) is 31.2 Å². The fourth-order valence-electron chi connectivity index (χ4n) is 4.37. The molecular weight excluding hydrogens is 484 g/mol. The van der Waals surface area contributed by atoms with Crippen LogP contribution in [0, 0.1) is 6.92 Å². The van der Waals surface area contributed by atoms with E-state index in [9.17, 15) is 14.4 Å². The maximum Gasteiger partial charge on any atom is 0.411 e. The van der Waals surface area contributed by atoms with Crippen molar-refractivity contribution in [2.75, 3.05) is 5.32 Å². The van der Waals surface area contributed by atoms with Crippen molar-refractivity contribution >= 4 is 23.6 Å². The zero-order valence-corrected chi connectivity index (χ0v) is 20.7. The molecular formula is C29H26N4O5. The second kappa shape index (κ2) is 11.0. The van der Waals surface area contributed by atoms with Crippen LogP contribution in [-0.4, -0.2) is 33.8 Å². The van der Waals surface area contributed by atoms with Gasteiger partial charge in [0.25, 0.3) is 5.91 Å². The molecule has 38 heavy (non-hydrogen) atoms. The van der Waals surface area contributed by atoms with Gasteiger partial charge in [-0.15, -0.1) is 0 Å². The number of furan rings is 1. The van der Waals surface area contributed by atoms with E-state index in [2.05, 4.69) is 15.6 Å². The number of hydrogen-bond acceptors (Lipinski definition) is 6. The monoisotopic (exact) mass is 510 g/mol. The Morgan fingerprint density at radius 3 is 2.58 bits per heavy atom. The molecule has 2 N–H and O–H groups in total. The van der Waals surface area contributed by atoms with E-state index < -0.39 is 18.2 Å². The minimum atomic E-state index is -0.909. The second-order valence-electron chi connectivity index (χ2n) is 8.98. The van der Waals surface area contributed by atoms with Gasteiger partial charge in [0.2, 0.25) is 5.91 Å². The van der Waals surface area contributed by atoms with Gasteiger partial charge >= 0.3 is 6.09 Å². The minimum absolute atomic E-state index is 0.181. The average Bonchev–Trinajstić information content (AvgIpc) is 3.56. The number of aromatic nitrogens is 1. The van der Waals surface area contributed by atoms with Crippen molar-refractivity contribution in [2.45, 2.75) is 32.2 Å². The predicted molar refractivity (Wildman–Crippen MR) is 139 cm³/mol. The fourth-order valence-corrected chi connectivity index (χ4v) is 4.37. The molecule has 9 nitrogen and oxygen atoms in total. The number of amides is 3. The van der Waals surface area contributed by atoms with Crippen molar-refractivity contribution in [3.05, 3.63) is 119 Å². The Hall–Kier alpha value is -4.92. The van der Waals surface area contributed by atoms with Gasteiger partial charge in [-0.05, 0) is 54.4 Å². The molecule has 1 aliphatic heterocycles. The molecule has 2 aromatic heterocycles. The highest BCUT2D eigenvalue weighted by molar-refractivity contribution is 6.04. The Morgan fingerprint density at radius 2 is 1.87 bits per heavy atom. The van der Waals surface area contributed by atoms with Crippen LogP contribution in [0.1, 0.15) is 38.9 Å². The summed E-state index contributed by atoms with van der Waals surface area (Å²) in [6.45, 7) is 2.37. The van der Waals surface area contributed by atoms with Crippen LogP contribution in [0.25, 0.3) is 0 Å². The Bertz CT molecular complexity index is 1420. The predicted octanol–water partition coefficient (Wildman–Crippen LogP) is 4.61. The van der Waals surface area contributed by atoms with E-state index in [4.69, 9.17) is 9.15 Å². The number of rotatable bonds is 8. The molecule has 192 valence electrons. The highest BCUT2D eigenvalue weighted by Crippen LogP contribution is 2.34. The Morgan fingerprint density at radius 1 is 1.03 bits per heavy atom. The maximum absolute atomic E-state index is 13.4. The summed E-state index contributed by atoms with van der Waals surface area (Å²) in [5, 5.41) is 5.68. The summed E-state index contributed by atoms with van der Waals surface area (Å²) in [5.74, 6) is -0.0596. The van der Waals surface area contributed by atoms with E-state index in [0.29, 0.717) is 22.6 Å². The summed E-state index contributed by atoms with van der Waals surface area (Å²) in [7, 11) is 0. The van der Waals surface area contributed by atoms with Gasteiger partial charge in [0, 0.05) is 18.1 Å². The number of hydrogen-bond donors (Lipinski definition) is 2. The van der Waals surface area contributed by atoms with Crippen LogP contribution >= 0.6 is 0 Å². The molecule has 3 amide bonds. The standard InChI is InChI=1S/C29H26N4O5/c1-19-5-2-6-20(15-19)18-33-25(28(35)31-17-24-8-4-14-37-24)26(38-29(33)36)21-9-11-23(12-10-21)32-27(34)22-7-3-13-30-16-22/h2-16,25-26H,17-18H2,1H3,(H,31,35)(H,32,34)/t25-,26-/m0/s1. The van der Waals surface area contributed by atoms with Crippen molar-refractivity contribution in [3.8, 4) is 0 Å². The SMILES string of the molecule is Cc1cccc(CN2C(=O)O[C@@H](c3ccc(NC(=O)c4cccnc4)cc3)[C@H]2C(=O)NCc2ccco2)c1. The van der Waals surface area contributed by atoms with Crippen molar-refractivity contribution in [2.24, 2.45) is 0 Å². The van der Waals surface area contributed by atoms with Crippen molar-refractivity contribution in [3.63, 3.8) is 0 Å². The summed E-state index contributed by atoms with van der Waals surface area (Å²) in [4.78, 5) is 44.3. The lowest BCUT2D eigenvalue weighted by molar-refractivity contribution is -0.126. The number of carbonyl (C=O) groups excluding carboxylic acids is 3. The first-order valence-electron chi connectivity index (χ1n) is 12.1. The van der Waals surface area contributed by atoms with E-state index >= 15 is 0 Å². The number of nitrogens with zero attached hydrogens (tertiary/aromatic N) is 2. The van der Waals surface area contributed by atoms with Gasteiger partial charge in [-0.1, -0.05) is 42.0 Å². The molecule has 3 heterocycles. The molecule has 0 aliphatic carbocycles. The van der Waals surface area contributed by atoms with E-state index in [0.717, 1.165) is 11.1 Å². The number of benzene rings is 2. The Labute approximate surface area is 219 Å². The number of nitrogens with one attached hydrogen (secondary N) is 2. The van der Waals surface area contributed by atoms with Gasteiger partial charge < -0.3 is 19.8 Å². The third-order valence-corrected chi connectivity index (χ3v) is 6.23. The van der Waals surface area contributed by atoms with Gasteiger partial charge in [-0.25, -0.2) is 4.79 Å². The van der Waals surface area contributed by atoms with Gasteiger partial charge in [-0.2, -0.15) is 0 Å². The van der Waals surface area contributed by atoms with Crippen LogP contribution in [-0.2, 0) is 22.6 Å². The first-order valence-corrected chi connectivity index (χ1v) is 12.1. The van der Waals surface area contributed by atoms with Gasteiger partial charge in [-0.3, -0.25) is 19.5 Å². The van der Waals surface area contributed by atoms with E-state index in [1.165, 1.54) is 17.4 Å². The molecule has 2 aromatic carbocycles. The molecule has 9 heteroatoms. The van der Waals surface area contributed by atoms with Crippen LogP contribution in [0.4, 0.5) is 10.5 Å². The largest absolute Gasteiger partial charge is 0.467 e. The number of pyridine rings is 1. The molecule has 0 unspecified atom stereocenters. The first kappa shape index (κ1) is 24.8. The number of ether oxygens (including phenoxy) is 1. The lowest BCUT2D eigenvalue weighted by Gasteiger charge is -2.24. The van der Waals surface area contributed by atoms with Crippen LogP contribution in [0.15, 0.2) is 95.9 Å². The zero-order chi connectivity index (χ0) is 26.5. The Kier molecular flexibility index (Phi) is 7.17.